The Kier molecular flexibility index (Phi) is 4.77. The summed E-state index contributed by atoms with van der Waals surface area (Å²) in [5.74, 6) is -0.0394. The van der Waals surface area contributed by atoms with Crippen molar-refractivity contribution in [3.05, 3.63) is 71.3 Å². The molecule has 7 nitrogen and oxygen atoms in total. The summed E-state index contributed by atoms with van der Waals surface area (Å²) in [6.07, 6.45) is 3.10. The molecule has 28 heavy (non-hydrogen) atoms. The lowest BCUT2D eigenvalue weighted by molar-refractivity contribution is 0.0630. The fraction of sp³-hybridized carbons (Fsp3) is 0.300. The number of amides is 1. The van der Waals surface area contributed by atoms with Gasteiger partial charge in [-0.25, -0.2) is 9.37 Å². The van der Waals surface area contributed by atoms with Crippen molar-refractivity contribution >= 4 is 5.91 Å². The quantitative estimate of drug-likeness (QED) is 0.695. The van der Waals surface area contributed by atoms with E-state index in [1.807, 2.05) is 24.6 Å². The Morgan fingerprint density at radius 3 is 2.86 bits per heavy atom. The van der Waals surface area contributed by atoms with Gasteiger partial charge < -0.3 is 9.64 Å². The second-order valence-corrected chi connectivity index (χ2v) is 6.75. The largest absolute Gasteiger partial charge is 0.487 e. The Morgan fingerprint density at radius 1 is 1.25 bits per heavy atom. The summed E-state index contributed by atoms with van der Waals surface area (Å²) < 4.78 is 20.8. The fourth-order valence-corrected chi connectivity index (χ4v) is 3.27. The molecule has 0 aliphatic carbocycles. The Bertz CT molecular complexity index is 1000. The number of carbonyl (C=O) groups excluding carboxylic acids is 1. The van der Waals surface area contributed by atoms with E-state index in [0.717, 1.165) is 17.1 Å². The van der Waals surface area contributed by atoms with Crippen LogP contribution in [0.2, 0.25) is 0 Å². The summed E-state index contributed by atoms with van der Waals surface area (Å²) in [6.45, 7) is 5.15. The lowest BCUT2D eigenvalue weighted by Gasteiger charge is -2.33. The fourth-order valence-electron chi connectivity index (χ4n) is 3.27. The molecule has 1 atom stereocenters. The summed E-state index contributed by atoms with van der Waals surface area (Å²) in [4.78, 5) is 22.9. The number of rotatable bonds is 4. The maximum absolute atomic E-state index is 13.3. The van der Waals surface area contributed by atoms with Crippen LogP contribution >= 0.6 is 0 Å². The van der Waals surface area contributed by atoms with Gasteiger partial charge in [0, 0.05) is 18.8 Å². The molecule has 0 spiro atoms. The Balaban J connectivity index is 1.48. The Hall–Kier alpha value is -3.29. The first-order valence-corrected chi connectivity index (χ1v) is 9.06. The Labute approximate surface area is 161 Å². The van der Waals surface area contributed by atoms with Crippen molar-refractivity contribution in [1.82, 2.24) is 24.6 Å². The normalized spacial score (nSPS) is 16.0. The van der Waals surface area contributed by atoms with Gasteiger partial charge in [-0.05, 0) is 32.0 Å². The minimum Gasteiger partial charge on any atom is -0.487 e. The van der Waals surface area contributed by atoms with Crippen LogP contribution in [-0.4, -0.2) is 37.1 Å². The summed E-state index contributed by atoms with van der Waals surface area (Å²) in [6, 6.07) is 7.77. The van der Waals surface area contributed by atoms with Crippen molar-refractivity contribution in [3.63, 3.8) is 0 Å². The first kappa shape index (κ1) is 18.1. The highest BCUT2D eigenvalue weighted by Crippen LogP contribution is 2.27. The van der Waals surface area contributed by atoms with Gasteiger partial charge in [-0.3, -0.25) is 14.5 Å². The van der Waals surface area contributed by atoms with Gasteiger partial charge in [-0.15, -0.1) is 0 Å². The molecule has 0 radical (unpaired) electrons. The molecule has 3 aromatic rings. The van der Waals surface area contributed by atoms with Crippen LogP contribution in [0.25, 0.3) is 0 Å². The number of benzene rings is 1. The van der Waals surface area contributed by atoms with E-state index in [1.54, 1.807) is 23.2 Å². The lowest BCUT2D eigenvalue weighted by Crippen LogP contribution is -2.41. The smallest absolute Gasteiger partial charge is 0.274 e. The van der Waals surface area contributed by atoms with Gasteiger partial charge in [-0.2, -0.15) is 5.10 Å². The molecule has 4 rings (SSSR count). The van der Waals surface area contributed by atoms with Crippen LogP contribution in [0.4, 0.5) is 4.39 Å². The van der Waals surface area contributed by atoms with Gasteiger partial charge in [0.05, 0.1) is 30.2 Å². The number of ether oxygens (including phenoxy) is 1. The van der Waals surface area contributed by atoms with Gasteiger partial charge >= 0.3 is 0 Å². The molecular formula is C20H20FN5O2. The first-order chi connectivity index (χ1) is 13.5. The van der Waals surface area contributed by atoms with Gasteiger partial charge in [0.25, 0.3) is 5.91 Å². The lowest BCUT2D eigenvalue weighted by atomic mass is 10.1. The number of nitrogens with zero attached hydrogens (tertiary/aromatic N) is 5. The van der Waals surface area contributed by atoms with Crippen LogP contribution < -0.4 is 4.74 Å². The van der Waals surface area contributed by atoms with Gasteiger partial charge in [0.2, 0.25) is 0 Å². The molecule has 144 valence electrons. The van der Waals surface area contributed by atoms with E-state index in [0.29, 0.717) is 24.5 Å². The number of aryl methyl sites for hydroxylation is 1. The first-order valence-electron chi connectivity index (χ1n) is 9.06. The minimum atomic E-state index is -0.344. The highest BCUT2D eigenvalue weighted by atomic mass is 19.1. The molecule has 0 fully saturated rings. The second-order valence-electron chi connectivity index (χ2n) is 6.75. The van der Waals surface area contributed by atoms with Gasteiger partial charge in [0.15, 0.2) is 0 Å². The summed E-state index contributed by atoms with van der Waals surface area (Å²) >= 11 is 0. The third kappa shape index (κ3) is 3.58. The minimum absolute atomic E-state index is 0.148. The van der Waals surface area contributed by atoms with E-state index < -0.39 is 0 Å². The zero-order chi connectivity index (χ0) is 19.7. The molecule has 1 aliphatic rings. The van der Waals surface area contributed by atoms with Crippen LogP contribution in [-0.2, 0) is 13.2 Å². The number of fused-ring (bicyclic) bond motifs is 1. The van der Waals surface area contributed by atoms with E-state index >= 15 is 0 Å². The number of carbonyl (C=O) groups is 1. The topological polar surface area (TPSA) is 73.1 Å². The third-order valence-corrected chi connectivity index (χ3v) is 4.75. The maximum Gasteiger partial charge on any atom is 0.274 e. The summed E-state index contributed by atoms with van der Waals surface area (Å²) in [5.41, 5.74) is 2.76. The van der Waals surface area contributed by atoms with E-state index in [1.165, 1.54) is 18.3 Å². The Morgan fingerprint density at radius 2 is 2.11 bits per heavy atom. The highest BCUT2D eigenvalue weighted by Gasteiger charge is 2.30. The van der Waals surface area contributed by atoms with Crippen LogP contribution in [0.3, 0.4) is 0 Å². The van der Waals surface area contributed by atoms with Gasteiger partial charge in [-0.1, -0.05) is 6.07 Å². The van der Waals surface area contributed by atoms with Crippen molar-refractivity contribution in [1.29, 1.82) is 0 Å². The molecule has 0 saturated heterocycles. The molecule has 2 aromatic heterocycles. The van der Waals surface area contributed by atoms with Crippen LogP contribution in [0.1, 0.15) is 40.5 Å². The summed E-state index contributed by atoms with van der Waals surface area (Å²) in [5, 5.41) is 4.55. The monoisotopic (exact) mass is 381 g/mol. The van der Waals surface area contributed by atoms with E-state index in [-0.39, 0.29) is 24.4 Å². The average Bonchev–Trinajstić information content (AvgIpc) is 3.11. The molecule has 1 aromatic carbocycles. The number of hydrogen-bond acceptors (Lipinski definition) is 5. The molecule has 1 aliphatic heterocycles. The van der Waals surface area contributed by atoms with E-state index in [2.05, 4.69) is 15.1 Å². The predicted octanol–water partition coefficient (Wildman–Crippen LogP) is 2.92. The molecular weight excluding hydrogens is 361 g/mol. The molecule has 0 bridgehead atoms. The standard InChI is InChI=1S/C20H20FN5O2/c1-13-10-23-18(11-22-13)20(27)25-6-7-26-19(14(25)2)9-16(24-26)12-28-17-5-3-4-15(21)8-17/h3-5,8-11,14H,6-7,12H2,1-2H3. The maximum atomic E-state index is 13.3. The highest BCUT2D eigenvalue weighted by molar-refractivity contribution is 5.92. The van der Waals surface area contributed by atoms with Crippen LogP contribution in [0.5, 0.6) is 5.75 Å². The molecule has 3 heterocycles. The van der Waals surface area contributed by atoms with E-state index in [4.69, 9.17) is 4.74 Å². The van der Waals surface area contributed by atoms with E-state index in [9.17, 15) is 9.18 Å². The predicted molar refractivity (Wildman–Crippen MR) is 99.2 cm³/mol. The molecule has 0 N–H and O–H groups in total. The SMILES string of the molecule is Cc1cnc(C(=O)N2CCn3nc(COc4cccc(F)c4)cc3C2C)cn1. The number of aromatic nitrogens is 4. The van der Waals surface area contributed by atoms with Crippen molar-refractivity contribution in [2.45, 2.75) is 33.0 Å². The van der Waals surface area contributed by atoms with Crippen LogP contribution in [0, 0.1) is 12.7 Å². The zero-order valence-electron chi connectivity index (χ0n) is 15.7. The molecule has 8 heteroatoms. The van der Waals surface area contributed by atoms with Crippen molar-refractivity contribution < 1.29 is 13.9 Å². The van der Waals surface area contributed by atoms with Crippen molar-refractivity contribution in [2.24, 2.45) is 0 Å². The summed E-state index contributed by atoms with van der Waals surface area (Å²) in [7, 11) is 0. The molecule has 1 amide bonds. The molecule has 1 unspecified atom stereocenters. The number of hydrogen-bond donors (Lipinski definition) is 0. The molecule has 0 saturated carbocycles. The average molecular weight is 381 g/mol. The van der Waals surface area contributed by atoms with Crippen molar-refractivity contribution in [2.75, 3.05) is 6.54 Å². The third-order valence-electron chi connectivity index (χ3n) is 4.75. The number of halogens is 1. The zero-order valence-corrected chi connectivity index (χ0v) is 15.7. The van der Waals surface area contributed by atoms with Crippen LogP contribution in [0.15, 0.2) is 42.7 Å². The van der Waals surface area contributed by atoms with Crippen molar-refractivity contribution in [3.8, 4) is 5.75 Å². The second kappa shape index (κ2) is 7.38. The van der Waals surface area contributed by atoms with Gasteiger partial charge in [0.1, 0.15) is 29.6 Å².